The van der Waals surface area contributed by atoms with Gasteiger partial charge in [-0.05, 0) is 32.9 Å². The molecule has 20 heavy (non-hydrogen) atoms. The van der Waals surface area contributed by atoms with E-state index >= 15 is 0 Å². The van der Waals surface area contributed by atoms with Gasteiger partial charge in [-0.25, -0.2) is 4.98 Å². The number of aromatic nitrogens is 2. The van der Waals surface area contributed by atoms with E-state index in [9.17, 15) is 4.79 Å². The highest BCUT2D eigenvalue weighted by molar-refractivity contribution is 6.05. The van der Waals surface area contributed by atoms with Gasteiger partial charge in [-0.1, -0.05) is 12.1 Å². The Morgan fingerprint density at radius 3 is 2.60 bits per heavy atom. The maximum absolute atomic E-state index is 12.3. The number of nitrogens with zero attached hydrogens (tertiary/aromatic N) is 1. The van der Waals surface area contributed by atoms with Crippen LogP contribution in [0.3, 0.4) is 0 Å². The smallest absolute Gasteiger partial charge is 0.261 e. The van der Waals surface area contributed by atoms with Crippen molar-refractivity contribution in [2.24, 2.45) is 0 Å². The molecule has 0 fully saturated rings. The fourth-order valence-corrected chi connectivity index (χ4v) is 2.31. The molecule has 2 N–H and O–H groups in total. The van der Waals surface area contributed by atoms with Crippen LogP contribution in [0.15, 0.2) is 28.7 Å². The highest BCUT2D eigenvalue weighted by Gasteiger charge is 2.19. The average Bonchev–Trinajstić information content (AvgIpc) is 2.90. The number of carbonyl (C=O) groups excluding carboxylic acids is 1. The topological polar surface area (TPSA) is 70.9 Å². The van der Waals surface area contributed by atoms with Crippen LogP contribution in [0.5, 0.6) is 0 Å². The predicted molar refractivity (Wildman–Crippen MR) is 77.0 cm³/mol. The number of carbonyl (C=O) groups is 1. The van der Waals surface area contributed by atoms with Crippen molar-refractivity contribution in [2.45, 2.75) is 20.8 Å². The number of aryl methyl sites for hydroxylation is 2. The van der Waals surface area contributed by atoms with E-state index in [1.807, 2.05) is 38.1 Å². The summed E-state index contributed by atoms with van der Waals surface area (Å²) in [6, 6.07) is 7.62. The van der Waals surface area contributed by atoms with E-state index in [2.05, 4.69) is 15.3 Å². The maximum Gasteiger partial charge on any atom is 0.261 e. The molecule has 3 rings (SSSR count). The molecule has 0 aliphatic heterocycles. The molecule has 5 nitrogen and oxygen atoms in total. The van der Waals surface area contributed by atoms with Crippen molar-refractivity contribution in [3.05, 3.63) is 46.9 Å². The molecule has 1 amide bonds. The number of imidazole rings is 1. The van der Waals surface area contributed by atoms with Gasteiger partial charge < -0.3 is 9.40 Å². The lowest BCUT2D eigenvalue weighted by molar-refractivity contribution is 0.102. The van der Waals surface area contributed by atoms with Crippen LogP contribution in [-0.4, -0.2) is 15.9 Å². The summed E-state index contributed by atoms with van der Waals surface area (Å²) >= 11 is 0. The van der Waals surface area contributed by atoms with Crippen molar-refractivity contribution < 1.29 is 9.21 Å². The molecule has 0 atom stereocenters. The monoisotopic (exact) mass is 269 g/mol. The molecule has 0 unspecified atom stereocenters. The molecule has 0 spiro atoms. The number of benzene rings is 1. The zero-order chi connectivity index (χ0) is 14.3. The Hall–Kier alpha value is -2.56. The summed E-state index contributed by atoms with van der Waals surface area (Å²) in [7, 11) is 0. The summed E-state index contributed by atoms with van der Waals surface area (Å²) in [4.78, 5) is 19.7. The first-order valence-electron chi connectivity index (χ1n) is 6.39. The molecule has 0 aliphatic carbocycles. The molecule has 2 heterocycles. The molecule has 102 valence electrons. The van der Waals surface area contributed by atoms with E-state index in [0.717, 1.165) is 22.4 Å². The molecular weight excluding hydrogens is 254 g/mol. The van der Waals surface area contributed by atoms with Crippen LogP contribution >= 0.6 is 0 Å². The second-order valence-electron chi connectivity index (χ2n) is 4.77. The van der Waals surface area contributed by atoms with Gasteiger partial charge in [0.05, 0.1) is 16.6 Å². The van der Waals surface area contributed by atoms with Gasteiger partial charge in [0, 0.05) is 5.56 Å². The molecule has 0 saturated carbocycles. The molecule has 0 saturated heterocycles. The first kappa shape index (κ1) is 12.5. The van der Waals surface area contributed by atoms with Crippen molar-refractivity contribution in [3.63, 3.8) is 0 Å². The van der Waals surface area contributed by atoms with Crippen LogP contribution in [0.25, 0.3) is 11.0 Å². The van der Waals surface area contributed by atoms with Gasteiger partial charge in [-0.15, -0.1) is 0 Å². The number of nitrogens with one attached hydrogen (secondary N) is 2. The first-order chi connectivity index (χ1) is 9.56. The Kier molecular flexibility index (Phi) is 2.82. The summed E-state index contributed by atoms with van der Waals surface area (Å²) < 4.78 is 5.47. The number of hydrogen-bond donors (Lipinski definition) is 2. The van der Waals surface area contributed by atoms with Crippen molar-refractivity contribution in [1.29, 1.82) is 0 Å². The number of hydrogen-bond acceptors (Lipinski definition) is 3. The molecule has 1 aromatic carbocycles. The zero-order valence-corrected chi connectivity index (χ0v) is 11.6. The van der Waals surface area contributed by atoms with E-state index in [0.29, 0.717) is 17.3 Å². The molecule has 0 radical (unpaired) electrons. The standard InChI is InChI=1S/C15H15N3O2/c1-8-9(2)20-10(3)13(8)14(19)18-15-16-11-6-4-5-7-12(11)17-15/h4-7H,1-3H3,(H2,16,17,18,19). The minimum atomic E-state index is -0.212. The fourth-order valence-electron chi connectivity index (χ4n) is 2.31. The SMILES string of the molecule is Cc1oc(C)c(C(=O)Nc2nc3ccccc3[nH]2)c1C. The highest BCUT2D eigenvalue weighted by Crippen LogP contribution is 2.22. The van der Waals surface area contributed by atoms with Crippen molar-refractivity contribution >= 4 is 22.9 Å². The van der Waals surface area contributed by atoms with E-state index in [1.165, 1.54) is 0 Å². The Balaban J connectivity index is 1.92. The summed E-state index contributed by atoms with van der Waals surface area (Å²) in [5.41, 5.74) is 3.14. The summed E-state index contributed by atoms with van der Waals surface area (Å²) in [5, 5.41) is 2.78. The van der Waals surface area contributed by atoms with E-state index in [1.54, 1.807) is 6.92 Å². The maximum atomic E-state index is 12.3. The molecular formula is C15H15N3O2. The minimum absolute atomic E-state index is 0.212. The Morgan fingerprint density at radius 2 is 1.95 bits per heavy atom. The third-order valence-corrected chi connectivity index (χ3v) is 3.41. The lowest BCUT2D eigenvalue weighted by Crippen LogP contribution is -2.14. The third-order valence-electron chi connectivity index (χ3n) is 3.41. The number of H-pyrrole nitrogens is 1. The van der Waals surface area contributed by atoms with Gasteiger partial charge in [0.25, 0.3) is 5.91 Å². The third kappa shape index (κ3) is 1.97. The molecule has 2 aromatic heterocycles. The van der Waals surface area contributed by atoms with Crippen LogP contribution < -0.4 is 5.32 Å². The Morgan fingerprint density at radius 1 is 1.20 bits per heavy atom. The Bertz CT molecular complexity index is 766. The van der Waals surface area contributed by atoms with Gasteiger partial charge in [0.1, 0.15) is 11.5 Å². The number of fused-ring (bicyclic) bond motifs is 1. The van der Waals surface area contributed by atoms with Gasteiger partial charge in [-0.2, -0.15) is 0 Å². The molecule has 0 bridgehead atoms. The predicted octanol–water partition coefficient (Wildman–Crippen LogP) is 3.33. The number of anilines is 1. The van der Waals surface area contributed by atoms with E-state index in [4.69, 9.17) is 4.42 Å². The second kappa shape index (κ2) is 4.52. The van der Waals surface area contributed by atoms with Crippen LogP contribution in [-0.2, 0) is 0 Å². The van der Waals surface area contributed by atoms with Crippen molar-refractivity contribution in [2.75, 3.05) is 5.32 Å². The van der Waals surface area contributed by atoms with Gasteiger partial charge in [-0.3, -0.25) is 10.1 Å². The van der Waals surface area contributed by atoms with E-state index < -0.39 is 0 Å². The first-order valence-corrected chi connectivity index (χ1v) is 6.39. The van der Waals surface area contributed by atoms with Gasteiger partial charge >= 0.3 is 0 Å². The quantitative estimate of drug-likeness (QED) is 0.749. The second-order valence-corrected chi connectivity index (χ2v) is 4.77. The van der Waals surface area contributed by atoms with E-state index in [-0.39, 0.29) is 5.91 Å². The fraction of sp³-hybridized carbons (Fsp3) is 0.200. The normalized spacial score (nSPS) is 10.9. The van der Waals surface area contributed by atoms with Crippen LogP contribution in [0.4, 0.5) is 5.95 Å². The largest absolute Gasteiger partial charge is 0.466 e. The summed E-state index contributed by atoms with van der Waals surface area (Å²) in [6.45, 7) is 5.51. The van der Waals surface area contributed by atoms with Crippen LogP contribution in [0.1, 0.15) is 27.4 Å². The Labute approximate surface area is 116 Å². The summed E-state index contributed by atoms with van der Waals surface area (Å²) in [6.07, 6.45) is 0. The lowest BCUT2D eigenvalue weighted by atomic mass is 10.1. The lowest BCUT2D eigenvalue weighted by Gasteiger charge is -2.01. The van der Waals surface area contributed by atoms with Gasteiger partial charge in [0.2, 0.25) is 5.95 Å². The zero-order valence-electron chi connectivity index (χ0n) is 11.6. The highest BCUT2D eigenvalue weighted by atomic mass is 16.3. The van der Waals surface area contributed by atoms with Crippen LogP contribution in [0, 0.1) is 20.8 Å². The number of amides is 1. The number of rotatable bonds is 2. The summed E-state index contributed by atoms with van der Waals surface area (Å²) in [5.74, 6) is 1.61. The minimum Gasteiger partial charge on any atom is -0.466 e. The van der Waals surface area contributed by atoms with Gasteiger partial charge in [0.15, 0.2) is 0 Å². The van der Waals surface area contributed by atoms with Crippen molar-refractivity contribution in [3.8, 4) is 0 Å². The molecule has 0 aliphatic rings. The number of aromatic amines is 1. The number of furan rings is 1. The average molecular weight is 269 g/mol. The number of para-hydroxylation sites is 2. The van der Waals surface area contributed by atoms with Crippen molar-refractivity contribution in [1.82, 2.24) is 9.97 Å². The molecule has 5 heteroatoms. The molecule has 3 aromatic rings. The van der Waals surface area contributed by atoms with Crippen LogP contribution in [0.2, 0.25) is 0 Å².